The fourth-order valence-corrected chi connectivity index (χ4v) is 9.81. The Bertz CT molecular complexity index is 1230. The summed E-state index contributed by atoms with van der Waals surface area (Å²) in [4.78, 5) is 0. The van der Waals surface area contributed by atoms with Crippen LogP contribution in [-0.2, 0) is 0 Å². The molecule has 8 heteroatoms. The third-order valence-electron chi connectivity index (χ3n) is 8.22. The SMILES string of the molecule is Clc1ccc(C2CC(SSC3CC(c4ccc(Cl)cc4)NC(c4ccc(Cl)cc4)C3)CC(c3ccc(Cl)cc3)N2)cc1. The Morgan fingerprint density at radius 1 is 0.381 bits per heavy atom. The lowest BCUT2D eigenvalue weighted by atomic mass is 9.90. The molecule has 4 atom stereocenters. The second kappa shape index (κ2) is 14.2. The molecule has 218 valence electrons. The molecule has 2 N–H and O–H groups in total. The molecular formula is C34H32Cl4N2S2. The third-order valence-corrected chi connectivity index (χ3v) is 12.6. The first-order valence-corrected chi connectivity index (χ1v) is 18.0. The van der Waals surface area contributed by atoms with Gasteiger partial charge in [0.05, 0.1) is 0 Å². The molecule has 4 unspecified atom stereocenters. The van der Waals surface area contributed by atoms with Crippen molar-refractivity contribution in [3.8, 4) is 0 Å². The van der Waals surface area contributed by atoms with E-state index in [2.05, 4.69) is 80.8 Å². The molecule has 4 aromatic carbocycles. The van der Waals surface area contributed by atoms with E-state index in [0.29, 0.717) is 10.5 Å². The molecule has 4 aromatic rings. The molecule has 2 saturated heterocycles. The van der Waals surface area contributed by atoms with Crippen molar-refractivity contribution in [2.75, 3.05) is 0 Å². The van der Waals surface area contributed by atoms with Crippen LogP contribution in [0.2, 0.25) is 20.1 Å². The fraction of sp³-hybridized carbons (Fsp3) is 0.294. The Morgan fingerprint density at radius 2 is 0.595 bits per heavy atom. The average Bonchev–Trinajstić information content (AvgIpc) is 3.01. The molecule has 0 aromatic heterocycles. The van der Waals surface area contributed by atoms with Gasteiger partial charge in [0.25, 0.3) is 0 Å². The van der Waals surface area contributed by atoms with Crippen LogP contribution < -0.4 is 10.6 Å². The number of halogens is 4. The molecule has 0 radical (unpaired) electrons. The van der Waals surface area contributed by atoms with E-state index in [9.17, 15) is 0 Å². The van der Waals surface area contributed by atoms with Crippen molar-refractivity contribution in [1.29, 1.82) is 0 Å². The van der Waals surface area contributed by atoms with Gasteiger partial charge in [-0.15, -0.1) is 0 Å². The molecule has 2 nitrogen and oxygen atoms in total. The second-order valence-corrected chi connectivity index (χ2v) is 15.7. The largest absolute Gasteiger partial charge is 0.303 e. The van der Waals surface area contributed by atoms with Crippen LogP contribution in [0.25, 0.3) is 0 Å². The van der Waals surface area contributed by atoms with Crippen molar-refractivity contribution in [3.05, 3.63) is 139 Å². The van der Waals surface area contributed by atoms with E-state index in [-0.39, 0.29) is 24.2 Å². The van der Waals surface area contributed by atoms with Gasteiger partial charge in [0.1, 0.15) is 0 Å². The molecule has 2 heterocycles. The molecule has 0 bridgehead atoms. The van der Waals surface area contributed by atoms with Gasteiger partial charge in [-0.3, -0.25) is 0 Å². The van der Waals surface area contributed by atoms with Crippen molar-refractivity contribution in [2.45, 2.75) is 60.4 Å². The van der Waals surface area contributed by atoms with Crippen molar-refractivity contribution in [1.82, 2.24) is 10.6 Å². The minimum atomic E-state index is 0.256. The van der Waals surface area contributed by atoms with Gasteiger partial charge in [-0.05, 0) is 96.5 Å². The Labute approximate surface area is 276 Å². The lowest BCUT2D eigenvalue weighted by Crippen LogP contribution is -2.37. The van der Waals surface area contributed by atoms with Crippen LogP contribution in [0.3, 0.4) is 0 Å². The van der Waals surface area contributed by atoms with Crippen molar-refractivity contribution in [2.24, 2.45) is 0 Å². The lowest BCUT2D eigenvalue weighted by molar-refractivity contribution is 0.337. The van der Waals surface area contributed by atoms with Gasteiger partial charge in [-0.2, -0.15) is 0 Å². The van der Waals surface area contributed by atoms with Crippen LogP contribution in [0.1, 0.15) is 72.1 Å². The number of hydrogen-bond acceptors (Lipinski definition) is 4. The Balaban J connectivity index is 1.20. The van der Waals surface area contributed by atoms with Gasteiger partial charge in [0.15, 0.2) is 0 Å². The Morgan fingerprint density at radius 3 is 0.810 bits per heavy atom. The zero-order valence-electron chi connectivity index (χ0n) is 22.9. The highest BCUT2D eigenvalue weighted by atomic mass is 35.5. The smallest absolute Gasteiger partial charge is 0.0406 e. The average molecular weight is 675 g/mol. The molecule has 2 aliphatic heterocycles. The second-order valence-electron chi connectivity index (χ2n) is 11.1. The number of nitrogens with one attached hydrogen (secondary N) is 2. The minimum absolute atomic E-state index is 0.256. The molecular weight excluding hydrogens is 642 g/mol. The molecule has 6 rings (SSSR count). The predicted molar refractivity (Wildman–Crippen MR) is 184 cm³/mol. The summed E-state index contributed by atoms with van der Waals surface area (Å²) in [5.41, 5.74) is 5.12. The van der Waals surface area contributed by atoms with E-state index in [1.165, 1.54) is 22.3 Å². The highest BCUT2D eigenvalue weighted by Crippen LogP contribution is 2.48. The predicted octanol–water partition coefficient (Wildman–Crippen LogP) is 11.5. The molecule has 2 fully saturated rings. The first kappa shape index (κ1) is 30.7. The Hall–Kier alpha value is -1.34. The van der Waals surface area contributed by atoms with E-state index in [1.807, 2.05) is 48.5 Å². The Kier molecular flexibility index (Phi) is 10.4. The van der Waals surface area contributed by atoms with Crippen molar-refractivity contribution in [3.63, 3.8) is 0 Å². The minimum Gasteiger partial charge on any atom is -0.303 e. The molecule has 2 aliphatic rings. The monoisotopic (exact) mass is 672 g/mol. The molecule has 0 amide bonds. The standard InChI is InChI=1S/C34H32Cl4N2S2/c35-25-9-1-21(2-10-25)31-17-29(18-32(39-31)22-3-11-26(36)12-4-22)41-42-30-19-33(23-5-13-27(37)14-6-23)40-34(20-30)24-7-15-28(38)16-8-24/h1-16,29-34,39-40H,17-20H2. The van der Waals surface area contributed by atoms with Crippen LogP contribution in [0, 0.1) is 0 Å². The van der Waals surface area contributed by atoms with Crippen LogP contribution in [0.15, 0.2) is 97.1 Å². The number of piperidine rings is 2. The first-order chi connectivity index (χ1) is 20.4. The van der Waals surface area contributed by atoms with E-state index in [1.54, 1.807) is 0 Å². The highest BCUT2D eigenvalue weighted by molar-refractivity contribution is 8.77. The van der Waals surface area contributed by atoms with Crippen LogP contribution in [0.5, 0.6) is 0 Å². The number of rotatable bonds is 7. The zero-order chi connectivity index (χ0) is 29.1. The topological polar surface area (TPSA) is 24.1 Å². The van der Waals surface area contributed by atoms with E-state index in [4.69, 9.17) is 46.4 Å². The van der Waals surface area contributed by atoms with Gasteiger partial charge < -0.3 is 10.6 Å². The van der Waals surface area contributed by atoms with Gasteiger partial charge in [0.2, 0.25) is 0 Å². The maximum absolute atomic E-state index is 6.22. The molecule has 0 saturated carbocycles. The molecule has 0 spiro atoms. The third kappa shape index (κ3) is 7.83. The van der Waals surface area contributed by atoms with Crippen LogP contribution in [-0.4, -0.2) is 10.5 Å². The summed E-state index contributed by atoms with van der Waals surface area (Å²) in [6.45, 7) is 0. The van der Waals surface area contributed by atoms with Crippen molar-refractivity contribution >= 4 is 68.0 Å². The van der Waals surface area contributed by atoms with Gasteiger partial charge in [-0.1, -0.05) is 117 Å². The summed E-state index contributed by atoms with van der Waals surface area (Å²) in [6.07, 6.45) is 4.26. The summed E-state index contributed by atoms with van der Waals surface area (Å²) < 4.78 is 0. The van der Waals surface area contributed by atoms with Crippen molar-refractivity contribution < 1.29 is 0 Å². The fourth-order valence-electron chi connectivity index (χ4n) is 6.03. The normalized spacial score (nSPS) is 26.2. The molecule has 0 aliphatic carbocycles. The van der Waals surface area contributed by atoms with Crippen LogP contribution in [0.4, 0.5) is 0 Å². The zero-order valence-corrected chi connectivity index (χ0v) is 27.5. The summed E-state index contributed by atoms with van der Waals surface area (Å²) in [6, 6.07) is 34.2. The van der Waals surface area contributed by atoms with E-state index >= 15 is 0 Å². The number of hydrogen-bond donors (Lipinski definition) is 2. The van der Waals surface area contributed by atoms with Crippen LogP contribution >= 0.6 is 68.0 Å². The maximum atomic E-state index is 6.22. The number of benzene rings is 4. The molecule has 42 heavy (non-hydrogen) atoms. The van der Waals surface area contributed by atoms with Gasteiger partial charge in [0, 0.05) is 54.8 Å². The maximum Gasteiger partial charge on any atom is 0.0406 e. The van der Waals surface area contributed by atoms with Gasteiger partial charge in [-0.25, -0.2) is 0 Å². The summed E-state index contributed by atoms with van der Waals surface area (Å²) in [5, 5.41) is 11.9. The van der Waals surface area contributed by atoms with E-state index in [0.717, 1.165) is 45.8 Å². The lowest BCUT2D eigenvalue weighted by Gasteiger charge is -2.39. The summed E-state index contributed by atoms with van der Waals surface area (Å²) in [5.74, 6) is 0. The summed E-state index contributed by atoms with van der Waals surface area (Å²) >= 11 is 24.9. The first-order valence-electron chi connectivity index (χ1n) is 14.3. The van der Waals surface area contributed by atoms with Gasteiger partial charge >= 0.3 is 0 Å². The van der Waals surface area contributed by atoms with E-state index < -0.39 is 0 Å². The quantitative estimate of drug-likeness (QED) is 0.191. The highest BCUT2D eigenvalue weighted by Gasteiger charge is 2.34. The summed E-state index contributed by atoms with van der Waals surface area (Å²) in [7, 11) is 4.12.